The minimum atomic E-state index is -1.18. The molecular weight excluding hydrogens is 200 g/mol. The molecule has 1 aromatic rings. The Bertz CT molecular complexity index is 344. The van der Waals surface area contributed by atoms with Gasteiger partial charge in [0.1, 0.15) is 0 Å². The van der Waals surface area contributed by atoms with Crippen molar-refractivity contribution >= 4 is 5.97 Å². The van der Waals surface area contributed by atoms with Crippen molar-refractivity contribution in [3.05, 3.63) is 11.7 Å². The van der Waals surface area contributed by atoms with Gasteiger partial charge in [-0.1, -0.05) is 5.16 Å². The maximum Gasteiger partial charge on any atom is 0.394 e. The second kappa shape index (κ2) is 4.39. The number of hydrogen-bond donors (Lipinski definition) is 1. The highest BCUT2D eigenvalue weighted by Gasteiger charge is 2.19. The lowest BCUT2D eigenvalue weighted by Crippen LogP contribution is -2.18. The molecular formula is C9H12N2O4. The summed E-state index contributed by atoms with van der Waals surface area (Å²) in [4.78, 5) is 14.3. The van der Waals surface area contributed by atoms with Gasteiger partial charge < -0.3 is 14.4 Å². The summed E-state index contributed by atoms with van der Waals surface area (Å²) in [6.07, 6.45) is 2.61. The average Bonchev–Trinajstić information content (AvgIpc) is 2.68. The third kappa shape index (κ3) is 2.53. The maximum atomic E-state index is 10.5. The number of ether oxygens (including phenoxy) is 1. The van der Waals surface area contributed by atoms with E-state index in [0.29, 0.717) is 18.2 Å². The standard InChI is InChI=1S/C9H12N2O4/c12-9(13)8-10-7(11-15-8)5-6-1-3-14-4-2-6/h6H,1-5H2,(H,12,13). The molecule has 1 fully saturated rings. The molecule has 0 atom stereocenters. The van der Waals surface area contributed by atoms with E-state index in [0.717, 1.165) is 26.1 Å². The van der Waals surface area contributed by atoms with E-state index in [9.17, 15) is 4.79 Å². The van der Waals surface area contributed by atoms with Crippen LogP contribution in [0, 0.1) is 5.92 Å². The van der Waals surface area contributed by atoms with E-state index < -0.39 is 5.97 Å². The van der Waals surface area contributed by atoms with Crippen LogP contribution in [0.15, 0.2) is 4.52 Å². The largest absolute Gasteiger partial charge is 0.474 e. The molecule has 2 heterocycles. The molecule has 15 heavy (non-hydrogen) atoms. The Kier molecular flexibility index (Phi) is 2.96. The van der Waals surface area contributed by atoms with Gasteiger partial charge in [-0.3, -0.25) is 0 Å². The molecule has 1 N–H and O–H groups in total. The summed E-state index contributed by atoms with van der Waals surface area (Å²) in [6, 6.07) is 0. The lowest BCUT2D eigenvalue weighted by atomic mass is 9.96. The second-order valence-electron chi connectivity index (χ2n) is 3.58. The minimum Gasteiger partial charge on any atom is -0.474 e. The number of aromatic nitrogens is 2. The smallest absolute Gasteiger partial charge is 0.394 e. The van der Waals surface area contributed by atoms with Crippen molar-refractivity contribution in [2.75, 3.05) is 13.2 Å². The number of carboxylic acids is 1. The highest BCUT2D eigenvalue weighted by Crippen LogP contribution is 2.18. The molecule has 0 radical (unpaired) electrons. The van der Waals surface area contributed by atoms with Crippen molar-refractivity contribution < 1.29 is 19.2 Å². The first-order valence-electron chi connectivity index (χ1n) is 4.89. The van der Waals surface area contributed by atoms with Crippen LogP contribution in [0.5, 0.6) is 0 Å². The van der Waals surface area contributed by atoms with Gasteiger partial charge in [-0.15, -0.1) is 0 Å². The molecule has 1 aliphatic rings. The monoisotopic (exact) mass is 212 g/mol. The van der Waals surface area contributed by atoms with E-state index >= 15 is 0 Å². The quantitative estimate of drug-likeness (QED) is 0.795. The third-order valence-corrected chi connectivity index (χ3v) is 2.46. The Balaban J connectivity index is 1.94. The maximum absolute atomic E-state index is 10.5. The fourth-order valence-electron chi connectivity index (χ4n) is 1.63. The van der Waals surface area contributed by atoms with Crippen LogP contribution in [-0.4, -0.2) is 34.4 Å². The van der Waals surface area contributed by atoms with Crippen LogP contribution >= 0.6 is 0 Å². The van der Waals surface area contributed by atoms with E-state index in [-0.39, 0.29) is 5.89 Å². The summed E-state index contributed by atoms with van der Waals surface area (Å²) in [6.45, 7) is 1.52. The number of aromatic carboxylic acids is 1. The second-order valence-corrected chi connectivity index (χ2v) is 3.58. The molecule has 82 valence electrons. The Morgan fingerprint density at radius 1 is 1.47 bits per heavy atom. The van der Waals surface area contributed by atoms with Crippen LogP contribution in [0.25, 0.3) is 0 Å². The van der Waals surface area contributed by atoms with Crippen LogP contribution in [0.2, 0.25) is 0 Å². The molecule has 6 nitrogen and oxygen atoms in total. The van der Waals surface area contributed by atoms with Crippen LogP contribution in [0.1, 0.15) is 29.4 Å². The van der Waals surface area contributed by atoms with Crippen molar-refractivity contribution in [2.45, 2.75) is 19.3 Å². The molecule has 0 bridgehead atoms. The SMILES string of the molecule is O=C(O)c1nc(CC2CCOCC2)no1. The predicted molar refractivity (Wildman–Crippen MR) is 48.5 cm³/mol. The van der Waals surface area contributed by atoms with Gasteiger partial charge in [0, 0.05) is 19.6 Å². The highest BCUT2D eigenvalue weighted by molar-refractivity contribution is 5.81. The van der Waals surface area contributed by atoms with Crippen molar-refractivity contribution in [3.63, 3.8) is 0 Å². The molecule has 0 spiro atoms. The first-order valence-corrected chi connectivity index (χ1v) is 4.89. The lowest BCUT2D eigenvalue weighted by molar-refractivity contribution is 0.0643. The number of carbonyl (C=O) groups is 1. The third-order valence-electron chi connectivity index (χ3n) is 2.46. The summed E-state index contributed by atoms with van der Waals surface area (Å²) < 4.78 is 9.80. The minimum absolute atomic E-state index is 0.336. The van der Waals surface area contributed by atoms with Gasteiger partial charge in [0.15, 0.2) is 5.82 Å². The Morgan fingerprint density at radius 3 is 2.80 bits per heavy atom. The van der Waals surface area contributed by atoms with E-state index in [1.165, 1.54) is 0 Å². The fraction of sp³-hybridized carbons (Fsp3) is 0.667. The molecule has 2 rings (SSSR count). The number of carboxylic acid groups (broad SMARTS) is 1. The Hall–Kier alpha value is -1.43. The van der Waals surface area contributed by atoms with Crippen molar-refractivity contribution in [2.24, 2.45) is 5.92 Å². The molecule has 1 saturated heterocycles. The number of hydrogen-bond acceptors (Lipinski definition) is 5. The van der Waals surface area contributed by atoms with E-state index in [1.807, 2.05) is 0 Å². The van der Waals surface area contributed by atoms with E-state index in [4.69, 9.17) is 9.84 Å². The van der Waals surface area contributed by atoms with Gasteiger partial charge >= 0.3 is 11.9 Å². The normalized spacial score (nSPS) is 17.9. The van der Waals surface area contributed by atoms with Crippen molar-refractivity contribution in [1.29, 1.82) is 0 Å². The summed E-state index contributed by atoms with van der Waals surface area (Å²) >= 11 is 0. The molecule has 0 amide bonds. The highest BCUT2D eigenvalue weighted by atomic mass is 16.5. The first-order chi connectivity index (χ1) is 7.25. The Labute approximate surface area is 86.2 Å². The number of nitrogens with zero attached hydrogens (tertiary/aromatic N) is 2. The molecule has 0 unspecified atom stereocenters. The molecule has 1 aromatic heterocycles. The lowest BCUT2D eigenvalue weighted by Gasteiger charge is -2.20. The molecule has 0 aliphatic carbocycles. The van der Waals surface area contributed by atoms with E-state index in [1.54, 1.807) is 0 Å². The zero-order chi connectivity index (χ0) is 10.7. The zero-order valence-corrected chi connectivity index (χ0v) is 8.18. The predicted octanol–water partition coefficient (Wildman–Crippen LogP) is 0.737. The van der Waals surface area contributed by atoms with Gasteiger partial charge in [0.25, 0.3) is 0 Å². The van der Waals surface area contributed by atoms with Crippen LogP contribution < -0.4 is 0 Å². The molecule has 6 heteroatoms. The van der Waals surface area contributed by atoms with Gasteiger partial charge in [-0.05, 0) is 18.8 Å². The fourth-order valence-corrected chi connectivity index (χ4v) is 1.63. The topological polar surface area (TPSA) is 85.5 Å². The van der Waals surface area contributed by atoms with Crippen molar-refractivity contribution in [3.8, 4) is 0 Å². The summed E-state index contributed by atoms with van der Waals surface area (Å²) in [5, 5.41) is 12.2. The summed E-state index contributed by atoms with van der Waals surface area (Å²) in [5.41, 5.74) is 0. The Morgan fingerprint density at radius 2 is 2.20 bits per heavy atom. The zero-order valence-electron chi connectivity index (χ0n) is 8.18. The average molecular weight is 212 g/mol. The van der Waals surface area contributed by atoms with E-state index in [2.05, 4.69) is 14.7 Å². The molecule has 0 saturated carbocycles. The van der Waals surface area contributed by atoms with Gasteiger partial charge in [0.05, 0.1) is 0 Å². The summed E-state index contributed by atoms with van der Waals surface area (Å²) in [5.74, 6) is -0.574. The first kappa shape index (κ1) is 10.1. The van der Waals surface area contributed by atoms with Crippen LogP contribution in [0.3, 0.4) is 0 Å². The van der Waals surface area contributed by atoms with Crippen LogP contribution in [0.4, 0.5) is 0 Å². The van der Waals surface area contributed by atoms with Crippen LogP contribution in [-0.2, 0) is 11.2 Å². The van der Waals surface area contributed by atoms with Gasteiger partial charge in [-0.2, -0.15) is 4.98 Å². The molecule has 0 aromatic carbocycles. The molecule has 1 aliphatic heterocycles. The van der Waals surface area contributed by atoms with Gasteiger partial charge in [0.2, 0.25) is 0 Å². The number of rotatable bonds is 3. The van der Waals surface area contributed by atoms with Crippen molar-refractivity contribution in [1.82, 2.24) is 10.1 Å². The summed E-state index contributed by atoms with van der Waals surface area (Å²) in [7, 11) is 0. The van der Waals surface area contributed by atoms with Gasteiger partial charge in [-0.25, -0.2) is 4.79 Å².